The summed E-state index contributed by atoms with van der Waals surface area (Å²) in [6.45, 7) is 4.45. The molecular weight excluding hydrogens is 494 g/mol. The van der Waals surface area contributed by atoms with Gasteiger partial charge in [-0.2, -0.15) is 0 Å². The smallest absolute Gasteiger partial charge is 0.160 e. The zero-order valence-corrected chi connectivity index (χ0v) is 21.8. The second-order valence-corrected chi connectivity index (χ2v) is 10.8. The van der Waals surface area contributed by atoms with Gasteiger partial charge < -0.3 is 4.57 Å². The van der Waals surface area contributed by atoms with E-state index in [1.807, 2.05) is 24.3 Å². The molecule has 0 saturated carbocycles. The molecule has 3 aromatic heterocycles. The van der Waals surface area contributed by atoms with Gasteiger partial charge in [-0.15, -0.1) is 11.3 Å². The lowest BCUT2D eigenvalue weighted by Crippen LogP contribution is -2.24. The Bertz CT molecular complexity index is 2460. The first-order valence-electron chi connectivity index (χ1n) is 17.4. The molecule has 1 aliphatic rings. The van der Waals surface area contributed by atoms with E-state index in [4.69, 9.17) is 18.7 Å². The molecule has 0 radical (unpaired) electrons. The van der Waals surface area contributed by atoms with Crippen LogP contribution in [0.5, 0.6) is 0 Å². The number of nitrogens with zero attached hydrogens (tertiary/aromatic N) is 3. The molecule has 1 aliphatic heterocycles. The summed E-state index contributed by atoms with van der Waals surface area (Å²) in [5.74, 6) is -0.233. The molecule has 0 aliphatic carbocycles. The fourth-order valence-electron chi connectivity index (χ4n) is 5.63. The van der Waals surface area contributed by atoms with Crippen LogP contribution in [-0.2, 0) is 5.41 Å². The van der Waals surface area contributed by atoms with E-state index in [9.17, 15) is 0 Å². The standard InChI is InChI=1S/C35H25N3S/c1-35(2)27-15-9-14-25-26-18-24(16-17-31(26)38(33(25)27)32-21-39-20-28(32)35)30-19-29(22-10-5-3-6-11-22)36-34(37-30)23-12-7-4-8-13-23/h3-21H,1-2H3/i3D,4D,5D,6D,7D,8D,10D,11D,12D,13D. The highest BCUT2D eigenvalue weighted by Gasteiger charge is 2.35. The Morgan fingerprint density at radius 3 is 2.21 bits per heavy atom. The topological polar surface area (TPSA) is 30.7 Å². The third-order valence-electron chi connectivity index (χ3n) is 7.52. The Kier molecular flexibility index (Phi) is 3.07. The van der Waals surface area contributed by atoms with E-state index in [1.54, 1.807) is 11.3 Å². The SMILES string of the molecule is [2H]c1c([2H])c([2H])c(-c2cc(-c3ccc4c(c3)c3cccc5c3n4-c3cscc3C5(C)C)nc(-c3c([2H])c([2H])c([2H])c([2H])c3[2H])n2)c([2H])c1[2H]. The molecular formula is C35H25N3S. The molecule has 0 N–H and O–H groups in total. The zero-order valence-electron chi connectivity index (χ0n) is 30.9. The number of hydrogen-bond donors (Lipinski definition) is 0. The highest BCUT2D eigenvalue weighted by molar-refractivity contribution is 7.08. The molecule has 39 heavy (non-hydrogen) atoms. The first kappa shape index (κ1) is 14.6. The maximum absolute atomic E-state index is 8.64. The van der Waals surface area contributed by atoms with E-state index >= 15 is 0 Å². The first-order chi connectivity index (χ1) is 23.2. The quantitative estimate of drug-likeness (QED) is 0.228. The van der Waals surface area contributed by atoms with Crippen molar-refractivity contribution in [2.24, 2.45) is 0 Å². The van der Waals surface area contributed by atoms with E-state index in [0.717, 1.165) is 27.5 Å². The summed E-state index contributed by atoms with van der Waals surface area (Å²) < 4.78 is 86.0. The largest absolute Gasteiger partial charge is 0.308 e. The summed E-state index contributed by atoms with van der Waals surface area (Å²) in [5, 5.41) is 6.32. The van der Waals surface area contributed by atoms with Gasteiger partial charge in [0, 0.05) is 38.3 Å². The molecule has 186 valence electrons. The van der Waals surface area contributed by atoms with Gasteiger partial charge in [0.1, 0.15) is 0 Å². The number of hydrogen-bond acceptors (Lipinski definition) is 3. The molecule has 4 heteroatoms. The van der Waals surface area contributed by atoms with Gasteiger partial charge in [-0.1, -0.05) is 98.5 Å². The number of para-hydroxylation sites is 1. The van der Waals surface area contributed by atoms with Gasteiger partial charge in [-0.05, 0) is 34.7 Å². The van der Waals surface area contributed by atoms with Crippen molar-refractivity contribution in [3.05, 3.63) is 125 Å². The van der Waals surface area contributed by atoms with Crippen molar-refractivity contribution in [1.82, 2.24) is 14.5 Å². The van der Waals surface area contributed by atoms with Crippen molar-refractivity contribution in [1.29, 1.82) is 0 Å². The molecule has 4 aromatic carbocycles. The number of fused-ring (bicyclic) bond motifs is 5. The summed E-state index contributed by atoms with van der Waals surface area (Å²) >= 11 is 1.66. The van der Waals surface area contributed by atoms with Crippen LogP contribution in [0.4, 0.5) is 0 Å². The zero-order chi connectivity index (χ0) is 34.8. The van der Waals surface area contributed by atoms with Gasteiger partial charge >= 0.3 is 0 Å². The molecule has 0 unspecified atom stereocenters. The molecule has 0 fully saturated rings. The highest BCUT2D eigenvalue weighted by atomic mass is 32.1. The minimum Gasteiger partial charge on any atom is -0.308 e. The molecule has 0 bridgehead atoms. The van der Waals surface area contributed by atoms with Gasteiger partial charge in [0.2, 0.25) is 0 Å². The maximum Gasteiger partial charge on any atom is 0.160 e. The Hall–Kier alpha value is -4.54. The molecule has 0 amide bonds. The maximum atomic E-state index is 8.64. The van der Waals surface area contributed by atoms with E-state index in [-0.39, 0.29) is 33.8 Å². The van der Waals surface area contributed by atoms with Crippen LogP contribution in [-0.4, -0.2) is 14.5 Å². The second kappa shape index (κ2) is 8.23. The van der Waals surface area contributed by atoms with Crippen LogP contribution < -0.4 is 0 Å². The molecule has 8 rings (SSSR count). The number of thiophene rings is 1. The average Bonchev–Trinajstić information content (AvgIpc) is 3.71. The third kappa shape index (κ3) is 3.28. The van der Waals surface area contributed by atoms with Crippen LogP contribution in [0.3, 0.4) is 0 Å². The summed E-state index contributed by atoms with van der Waals surface area (Å²) in [5.41, 5.74) is 5.81. The average molecular weight is 530 g/mol. The van der Waals surface area contributed by atoms with Gasteiger partial charge in [-0.25, -0.2) is 9.97 Å². The lowest BCUT2D eigenvalue weighted by molar-refractivity contribution is 0.633. The van der Waals surface area contributed by atoms with Crippen LogP contribution in [0.2, 0.25) is 0 Å². The van der Waals surface area contributed by atoms with Crippen LogP contribution in [0.1, 0.15) is 38.7 Å². The van der Waals surface area contributed by atoms with Crippen molar-refractivity contribution in [3.63, 3.8) is 0 Å². The number of benzene rings is 4. The molecule has 0 saturated heterocycles. The Balaban J connectivity index is 1.45. The van der Waals surface area contributed by atoms with Gasteiger partial charge in [0.15, 0.2) is 5.82 Å². The van der Waals surface area contributed by atoms with E-state index in [2.05, 4.69) is 46.3 Å². The van der Waals surface area contributed by atoms with Crippen LogP contribution in [0, 0.1) is 0 Å². The van der Waals surface area contributed by atoms with Gasteiger partial charge in [-0.3, -0.25) is 0 Å². The van der Waals surface area contributed by atoms with E-state index in [1.165, 1.54) is 17.2 Å². The van der Waals surface area contributed by atoms with Crippen molar-refractivity contribution in [2.45, 2.75) is 19.3 Å². The predicted octanol–water partition coefficient (Wildman–Crippen LogP) is 9.28. The van der Waals surface area contributed by atoms with E-state index < -0.39 is 60.4 Å². The van der Waals surface area contributed by atoms with Crippen LogP contribution >= 0.6 is 11.3 Å². The van der Waals surface area contributed by atoms with Crippen LogP contribution in [0.25, 0.3) is 61.4 Å². The number of aromatic nitrogens is 3. The van der Waals surface area contributed by atoms with E-state index in [0.29, 0.717) is 5.56 Å². The number of rotatable bonds is 3. The predicted molar refractivity (Wildman–Crippen MR) is 163 cm³/mol. The van der Waals surface area contributed by atoms with Crippen molar-refractivity contribution in [2.75, 3.05) is 0 Å². The third-order valence-corrected chi connectivity index (χ3v) is 8.25. The van der Waals surface area contributed by atoms with Crippen molar-refractivity contribution < 1.29 is 13.7 Å². The van der Waals surface area contributed by atoms with Crippen molar-refractivity contribution in [3.8, 4) is 39.6 Å². The summed E-state index contributed by atoms with van der Waals surface area (Å²) in [6, 6.07) is 8.24. The summed E-state index contributed by atoms with van der Waals surface area (Å²) in [4.78, 5) is 9.21. The fourth-order valence-corrected chi connectivity index (χ4v) is 6.61. The molecule has 0 spiro atoms. The second-order valence-electron chi connectivity index (χ2n) is 10.0. The Morgan fingerprint density at radius 2 is 1.44 bits per heavy atom. The summed E-state index contributed by atoms with van der Waals surface area (Å²) in [7, 11) is 0. The minimum atomic E-state index is -0.573. The fraction of sp³-hybridized carbons (Fsp3) is 0.0857. The minimum absolute atomic E-state index is 0.0452. The molecule has 4 heterocycles. The van der Waals surface area contributed by atoms with Crippen LogP contribution in [0.15, 0.2) is 114 Å². The monoisotopic (exact) mass is 529 g/mol. The normalized spacial score (nSPS) is 17.2. The van der Waals surface area contributed by atoms with Gasteiger partial charge in [0.25, 0.3) is 0 Å². The first-order valence-corrected chi connectivity index (χ1v) is 13.4. The Morgan fingerprint density at radius 1 is 0.718 bits per heavy atom. The summed E-state index contributed by atoms with van der Waals surface area (Å²) in [6.07, 6.45) is 0. The van der Waals surface area contributed by atoms with Crippen molar-refractivity contribution >= 4 is 33.1 Å². The Labute approximate surface area is 245 Å². The highest BCUT2D eigenvalue weighted by Crippen LogP contribution is 2.48. The lowest BCUT2D eigenvalue weighted by atomic mass is 9.76. The lowest BCUT2D eigenvalue weighted by Gasteiger charge is -2.32. The molecule has 7 aromatic rings. The van der Waals surface area contributed by atoms with Gasteiger partial charge in [0.05, 0.1) is 41.8 Å². The molecule has 0 atom stereocenters. The molecule has 3 nitrogen and oxygen atoms in total.